The summed E-state index contributed by atoms with van der Waals surface area (Å²) >= 11 is 0. The summed E-state index contributed by atoms with van der Waals surface area (Å²) in [5, 5.41) is 0. The van der Waals surface area contributed by atoms with Gasteiger partial charge in [-0.15, -0.1) is 0 Å². The maximum Gasteiger partial charge on any atom is 0.379 e. The van der Waals surface area contributed by atoms with Crippen LogP contribution >= 0.6 is 0 Å². The molecule has 0 unspecified atom stereocenters. The second-order valence-corrected chi connectivity index (χ2v) is 6.66. The van der Waals surface area contributed by atoms with E-state index in [1.807, 2.05) is 61.1 Å². The smallest absolute Gasteiger partial charge is 0.379 e. The zero-order chi connectivity index (χ0) is 18.4. The predicted molar refractivity (Wildman–Crippen MR) is 106 cm³/mol. The molecule has 0 N–H and O–H groups in total. The fourth-order valence-corrected chi connectivity index (χ4v) is 3.45. The molecule has 2 heterocycles. The molecule has 0 bridgehead atoms. The van der Waals surface area contributed by atoms with Crippen molar-refractivity contribution in [2.24, 2.45) is 7.05 Å². The molecule has 0 saturated heterocycles. The number of nitrogens with zero attached hydrogens (tertiary/aromatic N) is 2. The van der Waals surface area contributed by atoms with Gasteiger partial charge < -0.3 is 14.1 Å². The van der Waals surface area contributed by atoms with Gasteiger partial charge in [0.1, 0.15) is 13.1 Å². The fraction of sp³-hybridized carbons (Fsp3) is 0.0870. The van der Waals surface area contributed by atoms with Gasteiger partial charge in [-0.2, -0.15) is 4.57 Å². The molecule has 27 heavy (non-hydrogen) atoms. The summed E-state index contributed by atoms with van der Waals surface area (Å²) < 4.78 is 14.1. The van der Waals surface area contributed by atoms with E-state index < -0.39 is 0 Å². The Labute approximate surface area is 157 Å². The van der Waals surface area contributed by atoms with E-state index in [0.717, 1.165) is 34.3 Å². The van der Waals surface area contributed by atoms with E-state index >= 15 is 0 Å². The van der Waals surface area contributed by atoms with Crippen molar-refractivity contribution < 1.29 is 13.7 Å². The molecule has 0 amide bonds. The summed E-state index contributed by atoms with van der Waals surface area (Å²) in [6.07, 6.45) is 1.93. The molecule has 1 aromatic heterocycles. The van der Waals surface area contributed by atoms with Gasteiger partial charge in [0.05, 0.1) is 5.69 Å². The second-order valence-electron chi connectivity index (χ2n) is 6.66. The fourth-order valence-electron chi connectivity index (χ4n) is 3.45. The van der Waals surface area contributed by atoms with Gasteiger partial charge in [0.25, 0.3) is 5.52 Å². The third-order valence-electron chi connectivity index (χ3n) is 4.99. The van der Waals surface area contributed by atoms with Crippen molar-refractivity contribution in [2.75, 3.05) is 11.9 Å². The molecule has 4 heteroatoms. The zero-order valence-electron chi connectivity index (χ0n) is 15.2. The summed E-state index contributed by atoms with van der Waals surface area (Å²) in [6, 6.07) is 24.6. The van der Waals surface area contributed by atoms with E-state index in [9.17, 15) is 0 Å². The lowest BCUT2D eigenvalue weighted by Crippen LogP contribution is -2.29. The first-order valence-corrected chi connectivity index (χ1v) is 8.91. The number of oxazole rings is 1. The van der Waals surface area contributed by atoms with Gasteiger partial charge in [-0.25, -0.2) is 0 Å². The van der Waals surface area contributed by atoms with Gasteiger partial charge in [0.2, 0.25) is 11.5 Å². The largest absolute Gasteiger partial charge is 0.438 e. The molecule has 5 rings (SSSR count). The first kappa shape index (κ1) is 15.7. The maximum absolute atomic E-state index is 6.08. The number of ether oxygens (including phenoxy) is 1. The Hall–Kier alpha value is -3.53. The normalized spacial score (nSPS) is 14.6. The van der Waals surface area contributed by atoms with Crippen LogP contribution in [0.1, 0.15) is 5.89 Å². The average Bonchev–Trinajstić information content (AvgIpc) is 3.20. The Morgan fingerprint density at radius 3 is 2.48 bits per heavy atom. The van der Waals surface area contributed by atoms with E-state index in [1.54, 1.807) is 0 Å². The minimum Gasteiger partial charge on any atom is -0.438 e. The zero-order valence-corrected chi connectivity index (χ0v) is 15.2. The minimum atomic E-state index is 0.741. The quantitative estimate of drug-likeness (QED) is 0.486. The van der Waals surface area contributed by atoms with E-state index in [4.69, 9.17) is 9.15 Å². The number of anilines is 1. The Balaban J connectivity index is 1.53. The van der Waals surface area contributed by atoms with Gasteiger partial charge in [-0.1, -0.05) is 48.5 Å². The molecule has 0 saturated carbocycles. The third kappa shape index (κ3) is 2.57. The molecular weight excluding hydrogens is 336 g/mol. The lowest BCUT2D eigenvalue weighted by atomic mass is 10.0. The lowest BCUT2D eigenvalue weighted by molar-refractivity contribution is -0.652. The second kappa shape index (κ2) is 6.02. The number of rotatable bonds is 2. The molecule has 0 spiro atoms. The van der Waals surface area contributed by atoms with E-state index in [-0.39, 0.29) is 0 Å². The van der Waals surface area contributed by atoms with Crippen molar-refractivity contribution in [3.8, 4) is 16.9 Å². The average molecular weight is 355 g/mol. The number of hydrogen-bond acceptors (Lipinski definition) is 3. The maximum atomic E-state index is 6.08. The van der Waals surface area contributed by atoms with Gasteiger partial charge >= 0.3 is 5.89 Å². The standard InChI is InChI=1S/C23H19N2O2/c1-24-18-10-6-7-11-20(18)26-22(24)15-23-25(2)19-14-17(12-13-21(19)27-23)16-8-4-3-5-9-16/h3-15H,1-2H3/q+1. The first-order valence-electron chi connectivity index (χ1n) is 8.91. The molecule has 132 valence electrons. The van der Waals surface area contributed by atoms with Crippen molar-refractivity contribution >= 4 is 22.9 Å². The van der Waals surface area contributed by atoms with Crippen LogP contribution in [0.4, 0.5) is 5.69 Å². The molecule has 4 nitrogen and oxygen atoms in total. The number of aromatic nitrogens is 1. The van der Waals surface area contributed by atoms with Crippen LogP contribution < -0.4 is 14.2 Å². The van der Waals surface area contributed by atoms with Gasteiger partial charge in [0, 0.05) is 13.1 Å². The Morgan fingerprint density at radius 1 is 0.889 bits per heavy atom. The number of para-hydroxylation sites is 2. The highest BCUT2D eigenvalue weighted by Crippen LogP contribution is 2.41. The summed E-state index contributed by atoms with van der Waals surface area (Å²) in [7, 11) is 4.00. The first-order chi connectivity index (χ1) is 13.2. The van der Waals surface area contributed by atoms with Crippen molar-refractivity contribution in [1.82, 2.24) is 0 Å². The van der Waals surface area contributed by atoms with E-state index in [1.165, 1.54) is 11.1 Å². The van der Waals surface area contributed by atoms with E-state index in [0.29, 0.717) is 0 Å². The van der Waals surface area contributed by atoms with Crippen LogP contribution in [0.2, 0.25) is 0 Å². The summed E-state index contributed by atoms with van der Waals surface area (Å²) in [5.41, 5.74) is 5.31. The number of benzene rings is 3. The number of hydrogen-bond donors (Lipinski definition) is 0. The highest BCUT2D eigenvalue weighted by atomic mass is 16.5. The third-order valence-corrected chi connectivity index (χ3v) is 4.99. The number of fused-ring (bicyclic) bond motifs is 2. The van der Waals surface area contributed by atoms with Crippen LogP contribution in [-0.4, -0.2) is 7.05 Å². The van der Waals surface area contributed by atoms with Gasteiger partial charge in [-0.3, -0.25) is 0 Å². The SMILES string of the molecule is CN1/C(=C/c2oc3ccccc3[n+]2C)Oc2ccc(-c3ccccc3)cc21. The molecule has 1 aliphatic rings. The van der Waals surface area contributed by atoms with Crippen LogP contribution in [0.25, 0.3) is 28.3 Å². The topological polar surface area (TPSA) is 29.5 Å². The minimum absolute atomic E-state index is 0.741. The van der Waals surface area contributed by atoms with Crippen molar-refractivity contribution in [2.45, 2.75) is 0 Å². The summed E-state index contributed by atoms with van der Waals surface area (Å²) in [5.74, 6) is 2.33. The highest BCUT2D eigenvalue weighted by Gasteiger charge is 2.26. The van der Waals surface area contributed by atoms with Crippen LogP contribution in [0.3, 0.4) is 0 Å². The van der Waals surface area contributed by atoms with Crippen LogP contribution in [-0.2, 0) is 7.05 Å². The monoisotopic (exact) mass is 355 g/mol. The van der Waals surface area contributed by atoms with Crippen molar-refractivity contribution in [1.29, 1.82) is 0 Å². The Kier molecular flexibility index (Phi) is 3.50. The lowest BCUT2D eigenvalue weighted by Gasteiger charge is -2.11. The van der Waals surface area contributed by atoms with Crippen LogP contribution in [0, 0.1) is 0 Å². The van der Waals surface area contributed by atoms with Crippen molar-refractivity contribution in [3.63, 3.8) is 0 Å². The Bertz CT molecular complexity index is 1180. The predicted octanol–water partition coefficient (Wildman–Crippen LogP) is 4.75. The molecule has 1 aliphatic heterocycles. The molecule has 0 aliphatic carbocycles. The van der Waals surface area contributed by atoms with Crippen molar-refractivity contribution in [3.05, 3.63) is 84.6 Å². The summed E-state index contributed by atoms with van der Waals surface area (Å²) in [4.78, 5) is 2.05. The summed E-state index contributed by atoms with van der Waals surface area (Å²) in [6.45, 7) is 0. The van der Waals surface area contributed by atoms with Gasteiger partial charge in [-0.05, 0) is 29.3 Å². The van der Waals surface area contributed by atoms with E-state index in [2.05, 4.69) is 41.3 Å². The molecule has 4 aromatic rings. The van der Waals surface area contributed by atoms with Crippen LogP contribution in [0.15, 0.2) is 83.1 Å². The molecule has 3 aromatic carbocycles. The Morgan fingerprint density at radius 2 is 1.67 bits per heavy atom. The molecule has 0 fully saturated rings. The molecule has 0 radical (unpaired) electrons. The molecule has 0 atom stereocenters. The highest BCUT2D eigenvalue weighted by molar-refractivity contribution is 5.77. The number of aryl methyl sites for hydroxylation is 1. The van der Waals surface area contributed by atoms with Crippen LogP contribution in [0.5, 0.6) is 5.75 Å². The van der Waals surface area contributed by atoms with Gasteiger partial charge in [0.15, 0.2) is 5.75 Å². The molecular formula is C23H19N2O2+.